The summed E-state index contributed by atoms with van der Waals surface area (Å²) in [6.45, 7) is 17.4. The second kappa shape index (κ2) is 18.9. The quantitative estimate of drug-likeness (QED) is 0.101. The highest BCUT2D eigenvalue weighted by Crippen LogP contribution is 2.41. The Balaban J connectivity index is 0.982. The van der Waals surface area contributed by atoms with E-state index in [9.17, 15) is 5.48 Å². The predicted molar refractivity (Wildman–Crippen MR) is 323 cm³/mol. The van der Waals surface area contributed by atoms with Crippen molar-refractivity contribution in [2.24, 2.45) is 5.92 Å². The van der Waals surface area contributed by atoms with Crippen LogP contribution in [0, 0.1) is 12.2 Å². The van der Waals surface area contributed by atoms with Gasteiger partial charge in [0, 0.05) is 39.5 Å². The van der Waals surface area contributed by atoms with Gasteiger partial charge in [0.2, 0.25) is 0 Å². The van der Waals surface area contributed by atoms with E-state index in [2.05, 4.69) is 86.0 Å². The van der Waals surface area contributed by atoms with E-state index in [1.807, 2.05) is 117 Å². The molecule has 9 aromatic carbocycles. The van der Waals surface area contributed by atoms with Crippen molar-refractivity contribution in [3.05, 3.63) is 241 Å². The smallest absolute Gasteiger partial charge is 0.269 e. The van der Waals surface area contributed by atoms with Gasteiger partial charge in [-0.1, -0.05) is 189 Å². The molecule has 6 heteroatoms. The first-order valence-corrected chi connectivity index (χ1v) is 26.3. The molecule has 4 heterocycles. The van der Waals surface area contributed by atoms with Crippen LogP contribution in [0.1, 0.15) is 89.9 Å². The van der Waals surface area contributed by atoms with Crippen molar-refractivity contribution in [3.63, 3.8) is 0 Å². The lowest BCUT2D eigenvalue weighted by atomic mass is 9.78. The highest BCUT2D eigenvalue weighted by molar-refractivity contribution is 6.12. The number of rotatable bonds is 10. The number of hydrogen-bond donors (Lipinski definition) is 0. The molecule has 0 aliphatic carbocycles. The lowest BCUT2D eigenvalue weighted by molar-refractivity contribution is -0.571. The third kappa shape index (κ3) is 8.62. The Morgan fingerprint density at radius 1 is 0.526 bits per heavy atom. The van der Waals surface area contributed by atoms with Crippen LogP contribution in [0.4, 0.5) is 0 Å². The molecule has 0 amide bonds. The molecule has 6 nitrogen and oxygen atoms in total. The largest absolute Gasteiger partial charge is 0.458 e. The maximum absolute atomic E-state index is 9.29. The summed E-state index contributed by atoms with van der Waals surface area (Å²) in [5, 5.41) is 1.49. The van der Waals surface area contributed by atoms with E-state index >= 15 is 0 Å². The lowest BCUT2D eigenvalue weighted by Gasteiger charge is -2.27. The van der Waals surface area contributed by atoms with Crippen LogP contribution in [0.5, 0.6) is 11.5 Å². The van der Waals surface area contributed by atoms with Gasteiger partial charge < -0.3 is 9.30 Å². The fourth-order valence-electron chi connectivity index (χ4n) is 10.8. The predicted octanol–water partition coefficient (Wildman–Crippen LogP) is 18.2. The normalized spacial score (nSPS) is 14.6. The third-order valence-electron chi connectivity index (χ3n) is 14.6. The van der Waals surface area contributed by atoms with Crippen LogP contribution >= 0.6 is 0 Å². The van der Waals surface area contributed by atoms with Crippen molar-refractivity contribution in [2.45, 2.75) is 72.6 Å². The standard InChI is InChI=1S/C72H63N5O/c1-47(2)38-48-36-37-73-69(39-48)77-65-35-32-54(76-63-28-14-12-24-59(63)60-25-13-15-29-64(60)76)44-62(65)61-34-33-56(45-68(61)77)78-55-23-18-22-53(43-55)74-46-75(67-31-17-16-30-66(67)74)70-57(49-20-10-9-11-21-49)26-19-27-58(70)50-40-51(71(3,4)5)42-52(41-50)72(6,7)8/h9-37,39-45,47H,38H2,1-8H3/i9D,10D,11D,12D,13D,14D,15D,20D,21D,24D,25D,28D,29D. The molecule has 0 fully saturated rings. The van der Waals surface area contributed by atoms with Gasteiger partial charge in [0.15, 0.2) is 0 Å². The van der Waals surface area contributed by atoms with Crippen molar-refractivity contribution in [3.8, 4) is 56.6 Å². The number of hydrogen-bond acceptors (Lipinski definition) is 2. The van der Waals surface area contributed by atoms with Gasteiger partial charge in [0.25, 0.3) is 6.33 Å². The zero-order valence-corrected chi connectivity index (χ0v) is 44.7. The van der Waals surface area contributed by atoms with E-state index in [4.69, 9.17) is 22.1 Å². The molecule has 0 unspecified atom stereocenters. The van der Waals surface area contributed by atoms with Gasteiger partial charge >= 0.3 is 0 Å². The molecule has 0 radical (unpaired) electrons. The zero-order valence-electron chi connectivity index (χ0n) is 57.7. The molecule has 0 aliphatic heterocycles. The molecule has 13 aromatic rings. The van der Waals surface area contributed by atoms with E-state index in [0.717, 1.165) is 67.1 Å². The Labute approximate surface area is 475 Å². The number of fused-ring (bicyclic) bond motifs is 7. The fraction of sp³-hybridized carbons (Fsp3) is 0.167. The minimum atomic E-state index is -0.513. The third-order valence-corrected chi connectivity index (χ3v) is 14.6. The minimum Gasteiger partial charge on any atom is -0.458 e. The summed E-state index contributed by atoms with van der Waals surface area (Å²) in [5.74, 6) is 1.98. The second-order valence-electron chi connectivity index (χ2n) is 22.5. The summed E-state index contributed by atoms with van der Waals surface area (Å²) in [5.41, 5.74) is 9.69. The van der Waals surface area contributed by atoms with Crippen molar-refractivity contribution >= 4 is 54.6 Å². The maximum Gasteiger partial charge on any atom is 0.269 e. The molecule has 0 aliphatic rings. The van der Waals surface area contributed by atoms with E-state index < -0.39 is 54.4 Å². The number of ether oxygens (including phenoxy) is 1. The number of aromatic nitrogens is 5. The Morgan fingerprint density at radius 2 is 1.19 bits per heavy atom. The number of nitrogens with zero attached hydrogens (tertiary/aromatic N) is 5. The molecule has 4 aromatic heterocycles. The fourth-order valence-corrected chi connectivity index (χ4v) is 10.8. The first-order valence-electron chi connectivity index (χ1n) is 32.8. The first kappa shape index (κ1) is 36.1. The van der Waals surface area contributed by atoms with Gasteiger partial charge in [-0.15, -0.1) is 0 Å². The summed E-state index contributed by atoms with van der Waals surface area (Å²) in [6.07, 6.45) is 6.27. The summed E-state index contributed by atoms with van der Waals surface area (Å²) in [6, 6.07) is 37.5. The number of para-hydroxylation sites is 5. The van der Waals surface area contributed by atoms with Crippen LogP contribution in [0.2, 0.25) is 0 Å². The number of pyridine rings is 1. The Hall–Kier alpha value is -9.00. The van der Waals surface area contributed by atoms with E-state index in [-0.39, 0.29) is 62.4 Å². The average Bonchev–Trinajstić information content (AvgIpc) is 1.57. The summed E-state index contributed by atoms with van der Waals surface area (Å²) in [7, 11) is 0. The van der Waals surface area contributed by atoms with Gasteiger partial charge in [-0.2, -0.15) is 0 Å². The summed E-state index contributed by atoms with van der Waals surface area (Å²) in [4.78, 5) is 4.92. The van der Waals surface area contributed by atoms with Crippen LogP contribution in [0.15, 0.2) is 218 Å². The van der Waals surface area contributed by atoms with Crippen LogP contribution in [0.25, 0.3) is 99.8 Å². The number of imidazole rings is 1. The molecule has 0 spiro atoms. The van der Waals surface area contributed by atoms with Gasteiger partial charge in [-0.05, 0) is 135 Å². The molecule has 13 rings (SSSR count). The number of benzene rings is 9. The van der Waals surface area contributed by atoms with Crippen molar-refractivity contribution in [1.82, 2.24) is 18.7 Å². The van der Waals surface area contributed by atoms with Gasteiger partial charge in [-0.25, -0.2) is 4.98 Å². The lowest BCUT2D eigenvalue weighted by Crippen LogP contribution is -2.31. The van der Waals surface area contributed by atoms with Crippen molar-refractivity contribution in [2.75, 3.05) is 0 Å². The van der Waals surface area contributed by atoms with E-state index in [1.54, 1.807) is 12.3 Å². The highest BCUT2D eigenvalue weighted by atomic mass is 16.5. The van der Waals surface area contributed by atoms with Crippen LogP contribution in [-0.4, -0.2) is 18.7 Å². The highest BCUT2D eigenvalue weighted by Gasteiger charge is 2.25. The van der Waals surface area contributed by atoms with Gasteiger partial charge in [0.05, 0.1) is 62.3 Å². The first-order chi connectivity index (χ1) is 43.1. The molecule has 0 bridgehead atoms. The SMILES string of the molecule is [2H]c1c([2H])c([2H])c(-c2cccc(-c3cc(C(C)(C)C)cc(C(C)(C)C)c3)c2-[n+]2[c-]n(-c3cccc(Oc4ccc5c6cc(-n7c8c([2H])c([2H])c([2H])c([2H])c8c8c([2H])c([2H])c([2H])c([2H])c87)ccc6n(-c6cc(CC(C)C)ccn6)c5c4)c3)c3ccccc32)c([2H])c1[2H]. The second-order valence-corrected chi connectivity index (χ2v) is 22.5. The Kier molecular flexibility index (Phi) is 8.76. The van der Waals surface area contributed by atoms with Gasteiger partial charge in [-0.3, -0.25) is 13.7 Å². The molecule has 78 heavy (non-hydrogen) atoms. The molecule has 0 saturated carbocycles. The molecular formula is C72H63N5O. The van der Waals surface area contributed by atoms with Crippen LogP contribution in [-0.2, 0) is 17.3 Å². The van der Waals surface area contributed by atoms with Crippen LogP contribution < -0.4 is 9.30 Å². The van der Waals surface area contributed by atoms with Crippen molar-refractivity contribution in [1.29, 1.82) is 0 Å². The molecule has 0 atom stereocenters. The maximum atomic E-state index is 9.29. The minimum absolute atomic E-state index is 0.00584. The van der Waals surface area contributed by atoms with E-state index in [0.29, 0.717) is 45.9 Å². The van der Waals surface area contributed by atoms with Crippen LogP contribution in [0.3, 0.4) is 0 Å². The molecule has 0 N–H and O–H groups in total. The molecule has 382 valence electrons. The summed E-state index contributed by atoms with van der Waals surface area (Å²) >= 11 is 0. The Morgan fingerprint density at radius 3 is 1.91 bits per heavy atom. The van der Waals surface area contributed by atoms with Crippen molar-refractivity contribution < 1.29 is 27.1 Å². The van der Waals surface area contributed by atoms with E-state index in [1.165, 1.54) is 4.57 Å². The topological polar surface area (TPSA) is 40.8 Å². The zero-order chi connectivity index (χ0) is 64.8. The molecule has 0 saturated heterocycles. The average molecular weight is 1030 g/mol. The monoisotopic (exact) mass is 1030 g/mol. The van der Waals surface area contributed by atoms with Gasteiger partial charge in [0.1, 0.15) is 17.3 Å². The Bertz CT molecular complexity index is 5100. The summed E-state index contributed by atoms with van der Waals surface area (Å²) < 4.78 is 130. The molecular weight excluding hydrogens is 951 g/mol.